The standard InChI is InChI=1S/C33H44O6SSi.C29H34O6S/c1-35-25-39-31-19-16-27(11-9-10-20-37-23-26-14-17-28(36-2)18-15-26)30(24-40-29-12-7-6-8-13-29)32(31)33(34)38-21-22-41(3,4)5;1-31-21-35-27-17-14-23(9-7-8-18-34-19-22-12-15-24(32-2)16-13-22)26(28(27)29(30)33-3)20-36-25-10-5-4-6-11-25/h6-8,12-19H,9-11,20-25H2,1-5H3;4-6,10-17H,7-9,18-21H2,1-3H3. The first-order valence-corrected chi connectivity index (χ1v) is 31.7. The zero-order valence-electron chi connectivity index (χ0n) is 46.2. The van der Waals surface area contributed by atoms with Crippen molar-refractivity contribution < 1.29 is 57.0 Å². The van der Waals surface area contributed by atoms with E-state index < -0.39 is 14.0 Å². The minimum absolute atomic E-state index is 0.0557. The zero-order valence-corrected chi connectivity index (χ0v) is 48.9. The van der Waals surface area contributed by atoms with Crippen LogP contribution in [0.5, 0.6) is 23.0 Å². The lowest BCUT2D eigenvalue weighted by Crippen LogP contribution is -2.23. The molecule has 0 amide bonds. The second kappa shape index (κ2) is 34.9. The molecule has 0 saturated heterocycles. The topological polar surface area (TPSA) is 126 Å². The predicted molar refractivity (Wildman–Crippen MR) is 311 cm³/mol. The first kappa shape index (κ1) is 62.1. The van der Waals surface area contributed by atoms with Crippen LogP contribution in [-0.4, -0.2) is 89.0 Å². The Hall–Kier alpha value is -5.78. The fraction of sp³-hybridized carbons (Fsp3) is 0.387. The van der Waals surface area contributed by atoms with E-state index >= 15 is 0 Å². The Bertz CT molecular complexity index is 2630. The van der Waals surface area contributed by atoms with Gasteiger partial charge in [0.25, 0.3) is 0 Å². The average molecular weight is 1110 g/mol. The smallest absolute Gasteiger partial charge is 0.342 e. The van der Waals surface area contributed by atoms with E-state index in [1.54, 1.807) is 52.0 Å². The molecule has 0 saturated carbocycles. The number of carbonyl (C=O) groups is 2. The van der Waals surface area contributed by atoms with Crippen molar-refractivity contribution in [2.75, 3.05) is 69.0 Å². The molecule has 0 bridgehead atoms. The Labute approximate surface area is 466 Å². The fourth-order valence-electron chi connectivity index (χ4n) is 7.90. The van der Waals surface area contributed by atoms with Gasteiger partial charge in [0.2, 0.25) is 0 Å². The Morgan fingerprint density at radius 3 is 1.30 bits per heavy atom. The van der Waals surface area contributed by atoms with Crippen molar-refractivity contribution in [1.82, 2.24) is 0 Å². The molecule has 0 N–H and O–H groups in total. The van der Waals surface area contributed by atoms with Crippen LogP contribution in [0.25, 0.3) is 0 Å². The second-order valence-electron chi connectivity index (χ2n) is 19.1. The molecular formula is C62H78O12S2Si. The maximum absolute atomic E-state index is 13.5. The van der Waals surface area contributed by atoms with E-state index in [-0.39, 0.29) is 19.6 Å². The average Bonchev–Trinajstić information content (AvgIpc) is 3.47. The van der Waals surface area contributed by atoms with Crippen LogP contribution in [-0.2, 0) is 66.0 Å². The molecule has 0 fully saturated rings. The van der Waals surface area contributed by atoms with Crippen LogP contribution in [0.4, 0.5) is 0 Å². The number of aryl methyl sites for hydroxylation is 2. The van der Waals surface area contributed by atoms with Crippen molar-refractivity contribution >= 4 is 43.5 Å². The highest BCUT2D eigenvalue weighted by atomic mass is 32.2. The van der Waals surface area contributed by atoms with Crippen LogP contribution in [0, 0.1) is 0 Å². The van der Waals surface area contributed by atoms with Crippen molar-refractivity contribution in [3.8, 4) is 23.0 Å². The molecule has 6 rings (SSSR count). The Morgan fingerprint density at radius 1 is 0.481 bits per heavy atom. The van der Waals surface area contributed by atoms with Crippen LogP contribution < -0.4 is 18.9 Å². The van der Waals surface area contributed by atoms with E-state index in [9.17, 15) is 9.59 Å². The summed E-state index contributed by atoms with van der Waals surface area (Å²) in [6.45, 7) is 9.83. The molecule has 77 heavy (non-hydrogen) atoms. The van der Waals surface area contributed by atoms with E-state index in [4.69, 9.17) is 47.4 Å². The highest BCUT2D eigenvalue weighted by molar-refractivity contribution is 7.98. The summed E-state index contributed by atoms with van der Waals surface area (Å²) < 4.78 is 54.9. The summed E-state index contributed by atoms with van der Waals surface area (Å²) >= 11 is 3.39. The van der Waals surface area contributed by atoms with E-state index in [2.05, 4.69) is 50.0 Å². The summed E-state index contributed by atoms with van der Waals surface area (Å²) in [6, 6.07) is 44.9. The number of thioether (sulfide) groups is 2. The molecule has 0 aromatic heterocycles. The third-order valence-electron chi connectivity index (χ3n) is 12.2. The molecule has 0 spiro atoms. The monoisotopic (exact) mass is 1110 g/mol. The molecule has 414 valence electrons. The normalized spacial score (nSPS) is 11.1. The van der Waals surface area contributed by atoms with E-state index in [1.165, 1.54) is 7.11 Å². The van der Waals surface area contributed by atoms with Crippen molar-refractivity contribution in [1.29, 1.82) is 0 Å². The number of hydrogen-bond donors (Lipinski definition) is 0. The molecule has 0 unspecified atom stereocenters. The SMILES string of the molecule is COCOc1ccc(CCCCOCc2ccc(OC)cc2)c(CSc2ccccc2)c1C(=O)OC.COCOc1ccc(CCCCOCc2ccc(OC)cc2)c(CSc2ccccc2)c1C(=O)OCC[Si](C)(C)C. The van der Waals surface area contributed by atoms with Crippen LogP contribution in [0.3, 0.4) is 0 Å². The van der Waals surface area contributed by atoms with Crippen molar-refractivity contribution in [2.45, 2.75) is 98.7 Å². The van der Waals surface area contributed by atoms with Gasteiger partial charge in [-0.05, 0) is 139 Å². The summed E-state index contributed by atoms with van der Waals surface area (Å²) in [4.78, 5) is 28.6. The summed E-state index contributed by atoms with van der Waals surface area (Å²) in [5.41, 5.74) is 7.35. The van der Waals surface area contributed by atoms with E-state index in [0.29, 0.717) is 67.2 Å². The van der Waals surface area contributed by atoms with Gasteiger partial charge in [0.05, 0.1) is 41.2 Å². The second-order valence-corrected chi connectivity index (χ2v) is 26.8. The molecule has 6 aromatic rings. The van der Waals surface area contributed by atoms with Gasteiger partial charge >= 0.3 is 11.9 Å². The number of carbonyl (C=O) groups excluding carboxylic acids is 2. The minimum atomic E-state index is -1.35. The molecule has 0 aliphatic rings. The quantitative estimate of drug-likeness (QED) is 0.0128. The minimum Gasteiger partial charge on any atom is -0.497 e. The largest absolute Gasteiger partial charge is 0.497 e. The predicted octanol–water partition coefficient (Wildman–Crippen LogP) is 14.3. The number of rotatable bonds is 33. The van der Waals surface area contributed by atoms with Crippen molar-refractivity contribution in [3.63, 3.8) is 0 Å². The Kier molecular flexibility index (Phi) is 28.1. The number of ether oxygens (including phenoxy) is 10. The highest BCUT2D eigenvalue weighted by Crippen LogP contribution is 2.35. The lowest BCUT2D eigenvalue weighted by atomic mass is 9.97. The number of esters is 2. The maximum atomic E-state index is 13.5. The fourth-order valence-corrected chi connectivity index (χ4v) is 10.6. The third-order valence-corrected chi connectivity index (χ3v) is 15.9. The van der Waals surface area contributed by atoms with Crippen LogP contribution in [0.15, 0.2) is 143 Å². The van der Waals surface area contributed by atoms with Crippen molar-refractivity contribution in [3.05, 3.63) is 178 Å². The first-order valence-electron chi connectivity index (χ1n) is 26.0. The molecule has 0 atom stereocenters. The van der Waals surface area contributed by atoms with Crippen LogP contribution >= 0.6 is 23.5 Å². The zero-order chi connectivity index (χ0) is 55.1. The Morgan fingerprint density at radius 2 is 0.909 bits per heavy atom. The van der Waals surface area contributed by atoms with Gasteiger partial charge in [-0.25, -0.2) is 9.59 Å². The van der Waals surface area contributed by atoms with Gasteiger partial charge in [0, 0.05) is 56.8 Å². The van der Waals surface area contributed by atoms with Gasteiger partial charge in [-0.15, -0.1) is 23.5 Å². The summed E-state index contributed by atoms with van der Waals surface area (Å²) in [5, 5.41) is 0. The van der Waals surface area contributed by atoms with Gasteiger partial charge in [-0.3, -0.25) is 0 Å². The molecule has 6 aromatic carbocycles. The van der Waals surface area contributed by atoms with E-state index in [0.717, 1.165) is 99.2 Å². The van der Waals surface area contributed by atoms with Gasteiger partial charge in [-0.1, -0.05) is 92.4 Å². The number of unbranched alkanes of at least 4 members (excludes halogenated alkanes) is 2. The lowest BCUT2D eigenvalue weighted by Gasteiger charge is -2.20. The molecule has 0 aliphatic heterocycles. The van der Waals surface area contributed by atoms with Gasteiger partial charge in [-0.2, -0.15) is 0 Å². The number of methoxy groups -OCH3 is 5. The van der Waals surface area contributed by atoms with Gasteiger partial charge in [0.1, 0.15) is 34.1 Å². The summed E-state index contributed by atoms with van der Waals surface area (Å²) in [7, 11) is 6.49. The number of hydrogen-bond acceptors (Lipinski definition) is 14. The maximum Gasteiger partial charge on any atom is 0.342 e. The molecule has 0 aliphatic carbocycles. The van der Waals surface area contributed by atoms with Crippen LogP contribution in [0.1, 0.15) is 79.8 Å². The number of benzene rings is 6. The Balaban J connectivity index is 0.000000286. The molecule has 0 radical (unpaired) electrons. The van der Waals surface area contributed by atoms with Gasteiger partial charge < -0.3 is 47.4 Å². The van der Waals surface area contributed by atoms with Crippen LogP contribution in [0.2, 0.25) is 25.7 Å². The highest BCUT2D eigenvalue weighted by Gasteiger charge is 2.25. The molecule has 15 heteroatoms. The lowest BCUT2D eigenvalue weighted by molar-refractivity contribution is 0.0434. The molecular weight excluding hydrogens is 1030 g/mol. The summed E-state index contributed by atoms with van der Waals surface area (Å²) in [6.07, 6.45) is 5.36. The third kappa shape index (κ3) is 22.2. The molecule has 12 nitrogen and oxygen atoms in total. The summed E-state index contributed by atoms with van der Waals surface area (Å²) in [5.74, 6) is 3.17. The molecule has 0 heterocycles. The van der Waals surface area contributed by atoms with E-state index in [1.807, 2.05) is 103 Å². The van der Waals surface area contributed by atoms with Crippen molar-refractivity contribution in [2.24, 2.45) is 0 Å². The van der Waals surface area contributed by atoms with Gasteiger partial charge in [0.15, 0.2) is 13.6 Å². The first-order chi connectivity index (χ1) is 37.5.